The second kappa shape index (κ2) is 12.6. The molecule has 0 saturated carbocycles. The van der Waals surface area contributed by atoms with Crippen molar-refractivity contribution in [1.82, 2.24) is 9.66 Å². The van der Waals surface area contributed by atoms with E-state index in [9.17, 15) is 4.79 Å². The lowest BCUT2D eigenvalue weighted by molar-refractivity contribution is 0.267. The number of benzene rings is 3. The minimum Gasteiger partial charge on any atom is -0.490 e. The molecule has 0 unspecified atom stereocenters. The number of halogens is 4. The molecule has 0 aliphatic carbocycles. The van der Waals surface area contributed by atoms with Gasteiger partial charge < -0.3 is 9.47 Å². The molecule has 0 atom stereocenters. The Balaban J connectivity index is 1.68. The van der Waals surface area contributed by atoms with E-state index in [0.717, 1.165) is 25.6 Å². The second-order valence-electron chi connectivity index (χ2n) is 8.10. The van der Waals surface area contributed by atoms with Gasteiger partial charge in [-0.25, -0.2) is 4.98 Å². The van der Waals surface area contributed by atoms with Gasteiger partial charge in [0.15, 0.2) is 11.5 Å². The number of rotatable bonds is 9. The van der Waals surface area contributed by atoms with Crippen LogP contribution in [-0.2, 0) is 13.0 Å². The molecule has 4 rings (SSSR count). The zero-order valence-corrected chi connectivity index (χ0v) is 25.4. The zero-order valence-electron chi connectivity index (χ0n) is 20.1. The lowest BCUT2D eigenvalue weighted by atomic mass is 10.2. The molecule has 0 radical (unpaired) electrons. The van der Waals surface area contributed by atoms with E-state index in [0.29, 0.717) is 57.9 Å². The third-order valence-electron chi connectivity index (χ3n) is 5.37. The van der Waals surface area contributed by atoms with Crippen molar-refractivity contribution in [2.45, 2.75) is 33.3 Å². The van der Waals surface area contributed by atoms with Crippen molar-refractivity contribution in [2.24, 2.45) is 5.10 Å². The average Bonchev–Trinajstić information content (AvgIpc) is 2.86. The van der Waals surface area contributed by atoms with E-state index in [-0.39, 0.29) is 5.56 Å². The molecule has 0 amide bonds. The van der Waals surface area contributed by atoms with Crippen LogP contribution in [0.15, 0.2) is 62.9 Å². The highest BCUT2D eigenvalue weighted by Gasteiger charge is 2.14. The second-order valence-corrected chi connectivity index (χ2v) is 11.0. The van der Waals surface area contributed by atoms with E-state index in [4.69, 9.17) is 32.7 Å². The van der Waals surface area contributed by atoms with Gasteiger partial charge >= 0.3 is 0 Å². The molecule has 0 spiro atoms. The molecule has 0 N–H and O–H groups in total. The molecule has 37 heavy (non-hydrogen) atoms. The first kappa shape index (κ1) is 27.9. The fourth-order valence-corrected chi connectivity index (χ4v) is 5.14. The van der Waals surface area contributed by atoms with E-state index in [1.165, 1.54) is 4.68 Å². The van der Waals surface area contributed by atoms with Gasteiger partial charge in [-0.2, -0.15) is 9.78 Å². The van der Waals surface area contributed by atoms with Gasteiger partial charge in [-0.1, -0.05) is 52.1 Å². The van der Waals surface area contributed by atoms with Gasteiger partial charge in [-0.15, -0.1) is 0 Å². The lowest BCUT2D eigenvalue weighted by Crippen LogP contribution is -2.22. The van der Waals surface area contributed by atoms with Crippen LogP contribution in [0.3, 0.4) is 0 Å². The maximum Gasteiger partial charge on any atom is 0.282 e. The lowest BCUT2D eigenvalue weighted by Gasteiger charge is -2.15. The monoisotopic (exact) mass is 713 g/mol. The smallest absolute Gasteiger partial charge is 0.282 e. The molecule has 10 heteroatoms. The van der Waals surface area contributed by atoms with E-state index in [2.05, 4.69) is 48.6 Å². The molecule has 6 nitrogen and oxygen atoms in total. The number of aryl methyl sites for hydroxylation is 1. The van der Waals surface area contributed by atoms with Gasteiger partial charge in [-0.05, 0) is 89.5 Å². The van der Waals surface area contributed by atoms with Crippen LogP contribution in [0.1, 0.15) is 37.2 Å². The summed E-state index contributed by atoms with van der Waals surface area (Å²) in [7, 11) is 0. The highest BCUT2D eigenvalue weighted by Crippen LogP contribution is 2.35. The fourth-order valence-electron chi connectivity index (χ4n) is 3.67. The van der Waals surface area contributed by atoms with E-state index in [1.807, 2.05) is 44.2 Å². The summed E-state index contributed by atoms with van der Waals surface area (Å²) in [4.78, 5) is 18.0. The summed E-state index contributed by atoms with van der Waals surface area (Å²) >= 11 is 17.8. The largest absolute Gasteiger partial charge is 0.490 e. The molecular weight excluding hydrogens is 692 g/mol. The summed E-state index contributed by atoms with van der Waals surface area (Å²) in [5.41, 5.74) is 2.09. The molecule has 0 bridgehead atoms. The van der Waals surface area contributed by atoms with Gasteiger partial charge in [-0.3, -0.25) is 4.79 Å². The maximum atomic E-state index is 13.3. The summed E-state index contributed by atoms with van der Waals surface area (Å²) in [5, 5.41) is 6.00. The normalized spacial score (nSPS) is 11.4. The number of aromatic nitrogens is 2. The molecule has 1 aromatic heterocycles. The van der Waals surface area contributed by atoms with Crippen LogP contribution < -0.4 is 15.0 Å². The van der Waals surface area contributed by atoms with Gasteiger partial charge in [0.25, 0.3) is 5.56 Å². The molecule has 0 aliphatic rings. The van der Waals surface area contributed by atoms with Crippen molar-refractivity contribution in [1.29, 1.82) is 0 Å². The van der Waals surface area contributed by atoms with Crippen molar-refractivity contribution in [3.8, 4) is 11.5 Å². The Kier molecular flexibility index (Phi) is 9.50. The zero-order chi connectivity index (χ0) is 26.5. The molecular formula is C27H23BrCl2IN3O3. The number of nitrogens with zero attached hydrogens (tertiary/aromatic N) is 3. The average molecular weight is 715 g/mol. The summed E-state index contributed by atoms with van der Waals surface area (Å²) in [6, 6.07) is 14.6. The quantitative estimate of drug-likeness (QED) is 0.131. The van der Waals surface area contributed by atoms with E-state index in [1.54, 1.807) is 24.4 Å². The highest BCUT2D eigenvalue weighted by atomic mass is 127. The van der Waals surface area contributed by atoms with Crippen LogP contribution in [0.25, 0.3) is 10.9 Å². The SMILES string of the molecule is CCCc1nc2ccc(Br)cc2c(=O)n1N=Cc1cc(I)c(OCc2ccc(Cl)c(Cl)c2)c(OCC)c1. The van der Waals surface area contributed by atoms with Crippen LogP contribution in [0.5, 0.6) is 11.5 Å². The first-order valence-electron chi connectivity index (χ1n) is 11.6. The van der Waals surface area contributed by atoms with Crippen molar-refractivity contribution >= 4 is 78.8 Å². The van der Waals surface area contributed by atoms with Gasteiger partial charge in [0.1, 0.15) is 12.4 Å². The topological polar surface area (TPSA) is 65.7 Å². The minimum atomic E-state index is -0.215. The Hall–Kier alpha value is -2.14. The number of hydrogen-bond acceptors (Lipinski definition) is 5. The van der Waals surface area contributed by atoms with Crippen molar-refractivity contribution in [3.63, 3.8) is 0 Å². The van der Waals surface area contributed by atoms with E-state index < -0.39 is 0 Å². The highest BCUT2D eigenvalue weighted by molar-refractivity contribution is 14.1. The predicted molar refractivity (Wildman–Crippen MR) is 162 cm³/mol. The van der Waals surface area contributed by atoms with E-state index >= 15 is 0 Å². The minimum absolute atomic E-state index is 0.215. The summed E-state index contributed by atoms with van der Waals surface area (Å²) in [6.45, 7) is 4.71. The van der Waals surface area contributed by atoms with Crippen molar-refractivity contribution in [3.05, 3.63) is 93.9 Å². The van der Waals surface area contributed by atoms with Crippen LogP contribution >= 0.6 is 61.7 Å². The van der Waals surface area contributed by atoms with Gasteiger partial charge in [0.05, 0.1) is 37.3 Å². The fraction of sp³-hybridized carbons (Fsp3) is 0.222. The maximum absolute atomic E-state index is 13.3. The Labute approximate surface area is 246 Å². The molecule has 1 heterocycles. The van der Waals surface area contributed by atoms with Gasteiger partial charge in [0, 0.05) is 10.9 Å². The van der Waals surface area contributed by atoms with Gasteiger partial charge in [0.2, 0.25) is 0 Å². The Morgan fingerprint density at radius 3 is 2.62 bits per heavy atom. The Morgan fingerprint density at radius 1 is 1.08 bits per heavy atom. The third-order valence-corrected chi connectivity index (χ3v) is 7.40. The molecule has 192 valence electrons. The van der Waals surface area contributed by atoms with Crippen LogP contribution in [-0.4, -0.2) is 22.5 Å². The van der Waals surface area contributed by atoms with Crippen LogP contribution in [0.4, 0.5) is 0 Å². The summed E-state index contributed by atoms with van der Waals surface area (Å²) in [5.74, 6) is 1.81. The number of ether oxygens (including phenoxy) is 2. The first-order valence-corrected chi connectivity index (χ1v) is 14.2. The molecule has 0 fully saturated rings. The third kappa shape index (κ3) is 6.66. The summed E-state index contributed by atoms with van der Waals surface area (Å²) in [6.07, 6.45) is 3.10. The van der Waals surface area contributed by atoms with Crippen molar-refractivity contribution in [2.75, 3.05) is 6.61 Å². The molecule has 0 aliphatic heterocycles. The van der Waals surface area contributed by atoms with Crippen LogP contribution in [0.2, 0.25) is 10.0 Å². The molecule has 0 saturated heterocycles. The Morgan fingerprint density at radius 2 is 1.89 bits per heavy atom. The predicted octanol–water partition coefficient (Wildman–Crippen LogP) is 7.88. The first-order chi connectivity index (χ1) is 17.8. The van der Waals surface area contributed by atoms with Crippen molar-refractivity contribution < 1.29 is 9.47 Å². The number of fused-ring (bicyclic) bond motifs is 1. The Bertz CT molecular complexity index is 1540. The molecule has 4 aromatic rings. The molecule has 3 aromatic carbocycles. The number of hydrogen-bond donors (Lipinski definition) is 0. The summed E-state index contributed by atoms with van der Waals surface area (Å²) < 4.78 is 15.0. The van der Waals surface area contributed by atoms with Crippen LogP contribution in [0, 0.1) is 3.57 Å². The standard InChI is InChI=1S/C27H23BrCl2IN3O3/c1-3-5-25-33-23-9-7-18(28)13-19(23)27(35)34(25)32-14-17-11-22(31)26(24(12-17)36-4-2)37-15-16-6-8-20(29)21(30)10-16/h6-14H,3-5,15H2,1-2H3.